The maximum atomic E-state index is 5.85. The minimum Gasteiger partial charge on any atom is -0.322 e. The van der Waals surface area contributed by atoms with Crippen LogP contribution < -0.4 is 5.48 Å². The number of halogens is 1. The zero-order valence-corrected chi connectivity index (χ0v) is 16.3. The van der Waals surface area contributed by atoms with Gasteiger partial charge in [-0.1, -0.05) is 38.5 Å². The lowest BCUT2D eigenvalue weighted by Gasteiger charge is -2.34. The minimum atomic E-state index is -1.79. The lowest BCUT2D eigenvalue weighted by Crippen LogP contribution is -2.43. The molecule has 0 unspecified atom stereocenters. The fraction of sp³-hybridized carbons (Fsp3) is 0.438. The van der Waals surface area contributed by atoms with Crippen molar-refractivity contribution in [3.8, 4) is 0 Å². The predicted molar refractivity (Wildman–Crippen MR) is 97.8 cm³/mol. The SMILES string of the molecule is Cc1ccc(N=C/C(Br)=C/NO[Si](C)(C)C(C)(C)C)cc1. The Bertz CT molecular complexity index is 516. The van der Waals surface area contributed by atoms with Crippen LogP contribution in [0.5, 0.6) is 0 Å². The Hall–Kier alpha value is -0.913. The zero-order valence-electron chi connectivity index (χ0n) is 13.7. The van der Waals surface area contributed by atoms with Crippen molar-refractivity contribution in [2.75, 3.05) is 0 Å². The monoisotopic (exact) mass is 368 g/mol. The number of rotatable bonds is 5. The zero-order chi connectivity index (χ0) is 16.1. The van der Waals surface area contributed by atoms with Crippen LogP contribution in [0.4, 0.5) is 5.69 Å². The molecule has 0 bridgehead atoms. The number of allylic oxidation sites excluding steroid dienone is 1. The van der Waals surface area contributed by atoms with E-state index in [-0.39, 0.29) is 5.04 Å². The molecule has 1 aromatic rings. The molecule has 0 heterocycles. The molecule has 0 saturated carbocycles. The van der Waals surface area contributed by atoms with Crippen LogP contribution in [0.15, 0.2) is 39.9 Å². The highest BCUT2D eigenvalue weighted by molar-refractivity contribution is 9.12. The van der Waals surface area contributed by atoms with Gasteiger partial charge < -0.3 is 4.53 Å². The first-order chi connectivity index (χ1) is 9.62. The van der Waals surface area contributed by atoms with E-state index in [4.69, 9.17) is 4.53 Å². The third-order valence-electron chi connectivity index (χ3n) is 3.69. The van der Waals surface area contributed by atoms with Gasteiger partial charge in [-0.15, -0.1) is 0 Å². The lowest BCUT2D eigenvalue weighted by molar-refractivity contribution is 0.217. The largest absolute Gasteiger partial charge is 0.322 e. The van der Waals surface area contributed by atoms with E-state index in [2.05, 4.69) is 67.2 Å². The van der Waals surface area contributed by atoms with Gasteiger partial charge in [0.05, 0.1) is 10.2 Å². The quantitative estimate of drug-likeness (QED) is 0.425. The number of hydroxylamine groups is 1. The highest BCUT2D eigenvalue weighted by Crippen LogP contribution is 2.35. The van der Waals surface area contributed by atoms with Crippen molar-refractivity contribution in [3.63, 3.8) is 0 Å². The van der Waals surface area contributed by atoms with Crippen molar-refractivity contribution in [1.82, 2.24) is 5.48 Å². The summed E-state index contributed by atoms with van der Waals surface area (Å²) in [5.41, 5.74) is 5.10. The number of aryl methyl sites for hydroxylation is 1. The Balaban J connectivity index is 2.56. The van der Waals surface area contributed by atoms with E-state index in [0.717, 1.165) is 10.2 Å². The number of nitrogens with one attached hydrogen (secondary N) is 1. The van der Waals surface area contributed by atoms with Gasteiger partial charge in [-0.25, -0.2) is 0 Å². The highest BCUT2D eigenvalue weighted by Gasteiger charge is 2.38. The molecule has 3 nitrogen and oxygen atoms in total. The van der Waals surface area contributed by atoms with Crippen LogP contribution in [0.1, 0.15) is 26.3 Å². The fourth-order valence-electron chi connectivity index (χ4n) is 1.19. The van der Waals surface area contributed by atoms with Crippen molar-refractivity contribution in [2.45, 2.75) is 45.8 Å². The minimum absolute atomic E-state index is 0.177. The van der Waals surface area contributed by atoms with Crippen LogP contribution >= 0.6 is 15.9 Å². The highest BCUT2D eigenvalue weighted by atomic mass is 79.9. The Kier molecular flexibility index (Phi) is 6.37. The molecule has 0 spiro atoms. The van der Waals surface area contributed by atoms with Gasteiger partial charge in [0.2, 0.25) is 8.32 Å². The molecule has 0 amide bonds. The second kappa shape index (κ2) is 7.38. The molecule has 0 aromatic heterocycles. The summed E-state index contributed by atoms with van der Waals surface area (Å²) in [4.78, 5) is 4.39. The van der Waals surface area contributed by atoms with Crippen LogP contribution in [0.2, 0.25) is 18.1 Å². The first-order valence-corrected chi connectivity index (χ1v) is 10.7. The van der Waals surface area contributed by atoms with Gasteiger partial charge in [-0.2, -0.15) is 0 Å². The average Bonchev–Trinajstić information content (AvgIpc) is 2.36. The molecule has 0 aliphatic carbocycles. The standard InChI is InChI=1S/C16H25BrN2OSi/c1-13-7-9-15(10-8-13)18-11-14(17)12-19-20-21(5,6)16(2,3)4/h7-12,19H,1-6H3/b14-12-,18-11?. The van der Waals surface area contributed by atoms with Crippen molar-refractivity contribution in [1.29, 1.82) is 0 Å². The van der Waals surface area contributed by atoms with Crippen molar-refractivity contribution in [2.24, 2.45) is 4.99 Å². The summed E-state index contributed by atoms with van der Waals surface area (Å²) in [6.45, 7) is 13.1. The molecule has 116 valence electrons. The molecular formula is C16H25BrN2OSi. The molecule has 0 saturated heterocycles. The normalized spacial score (nSPS) is 13.8. The Labute approximate surface area is 137 Å². The van der Waals surface area contributed by atoms with Gasteiger partial charge in [-0.3, -0.25) is 10.5 Å². The Morgan fingerprint density at radius 1 is 1.24 bits per heavy atom. The molecule has 1 aromatic carbocycles. The van der Waals surface area contributed by atoms with E-state index in [1.807, 2.05) is 24.3 Å². The summed E-state index contributed by atoms with van der Waals surface area (Å²) >= 11 is 3.45. The number of nitrogens with zero attached hydrogens (tertiary/aromatic N) is 1. The van der Waals surface area contributed by atoms with Crippen molar-refractivity contribution >= 4 is 36.1 Å². The van der Waals surface area contributed by atoms with E-state index in [1.54, 1.807) is 12.4 Å². The third-order valence-corrected chi connectivity index (χ3v) is 8.36. The lowest BCUT2D eigenvalue weighted by atomic mass is 10.2. The summed E-state index contributed by atoms with van der Waals surface area (Å²) in [5.74, 6) is 0. The molecule has 0 aliphatic heterocycles. The van der Waals surface area contributed by atoms with Crippen LogP contribution in [-0.4, -0.2) is 14.5 Å². The van der Waals surface area contributed by atoms with E-state index < -0.39 is 8.32 Å². The number of hydrogen-bond donors (Lipinski definition) is 1. The summed E-state index contributed by atoms with van der Waals surface area (Å²) in [7, 11) is -1.79. The van der Waals surface area contributed by atoms with Crippen molar-refractivity contribution in [3.05, 3.63) is 40.5 Å². The molecule has 1 rings (SSSR count). The maximum Gasteiger partial charge on any atom is 0.228 e. The van der Waals surface area contributed by atoms with E-state index in [9.17, 15) is 0 Å². The average molecular weight is 369 g/mol. The molecule has 1 N–H and O–H groups in total. The first kappa shape index (κ1) is 18.1. The second-order valence-electron chi connectivity index (χ2n) is 6.60. The van der Waals surface area contributed by atoms with Gasteiger partial charge in [0.15, 0.2) is 0 Å². The maximum absolute atomic E-state index is 5.85. The summed E-state index contributed by atoms with van der Waals surface area (Å²) < 4.78 is 6.69. The van der Waals surface area contributed by atoms with E-state index in [1.165, 1.54) is 5.56 Å². The molecule has 0 aliphatic rings. The summed E-state index contributed by atoms with van der Waals surface area (Å²) in [6.07, 6.45) is 3.53. The van der Waals surface area contributed by atoms with Crippen LogP contribution in [0.3, 0.4) is 0 Å². The van der Waals surface area contributed by atoms with Crippen molar-refractivity contribution < 1.29 is 4.53 Å². The number of aliphatic imine (C=N–C) groups is 1. The fourth-order valence-corrected chi connectivity index (χ4v) is 2.05. The smallest absolute Gasteiger partial charge is 0.228 e. The molecule has 0 atom stereocenters. The second-order valence-corrected chi connectivity index (χ2v) is 12.2. The topological polar surface area (TPSA) is 33.6 Å². The number of hydrogen-bond acceptors (Lipinski definition) is 3. The summed E-state index contributed by atoms with van der Waals surface area (Å²) in [6, 6.07) is 8.07. The van der Waals surface area contributed by atoms with E-state index in [0.29, 0.717) is 0 Å². The molecule has 0 fully saturated rings. The predicted octanol–water partition coefficient (Wildman–Crippen LogP) is 5.46. The van der Waals surface area contributed by atoms with E-state index >= 15 is 0 Å². The van der Waals surface area contributed by atoms with Crippen LogP contribution in [-0.2, 0) is 4.53 Å². The third kappa shape index (κ3) is 6.16. The molecule has 21 heavy (non-hydrogen) atoms. The van der Waals surface area contributed by atoms with Gasteiger partial charge in [0, 0.05) is 12.4 Å². The Morgan fingerprint density at radius 2 is 1.81 bits per heavy atom. The van der Waals surface area contributed by atoms with Crippen LogP contribution in [0.25, 0.3) is 0 Å². The first-order valence-electron chi connectivity index (χ1n) is 7.02. The molecule has 0 radical (unpaired) electrons. The number of benzene rings is 1. The van der Waals surface area contributed by atoms with Gasteiger partial charge in [-0.05, 0) is 53.1 Å². The molecular weight excluding hydrogens is 344 g/mol. The van der Waals surface area contributed by atoms with Crippen LogP contribution in [0, 0.1) is 6.92 Å². The van der Waals surface area contributed by atoms with Gasteiger partial charge in [0.1, 0.15) is 0 Å². The van der Waals surface area contributed by atoms with Gasteiger partial charge in [0.25, 0.3) is 0 Å². The van der Waals surface area contributed by atoms with Gasteiger partial charge >= 0.3 is 0 Å². The molecule has 5 heteroatoms. The Morgan fingerprint density at radius 3 is 2.33 bits per heavy atom. The summed E-state index contributed by atoms with van der Waals surface area (Å²) in [5, 5.41) is 0.177.